The molecule has 26 heavy (non-hydrogen) atoms. The fourth-order valence-electron chi connectivity index (χ4n) is 2.28. The number of halogens is 1. The monoisotopic (exact) mass is 388 g/mol. The highest BCUT2D eigenvalue weighted by Gasteiger charge is 2.33. The molecule has 0 spiro atoms. The van der Waals surface area contributed by atoms with E-state index in [-0.39, 0.29) is 0 Å². The topological polar surface area (TPSA) is 44.8 Å². The van der Waals surface area contributed by atoms with Gasteiger partial charge in [-0.3, -0.25) is 0 Å². The number of aryl methyl sites for hydroxylation is 2. The van der Waals surface area contributed by atoms with Crippen molar-refractivity contribution in [3.63, 3.8) is 0 Å². The summed E-state index contributed by atoms with van der Waals surface area (Å²) in [5.41, 5.74) is 1.94. The average Bonchev–Trinajstić information content (AvgIpc) is 2.57. The van der Waals surface area contributed by atoms with Crippen molar-refractivity contribution in [1.82, 2.24) is 0 Å². The molecule has 0 aliphatic heterocycles. The average molecular weight is 389 g/mol. The molecule has 6 heteroatoms. The summed E-state index contributed by atoms with van der Waals surface area (Å²) in [5.74, 6) is 1.13. The molecule has 4 nitrogen and oxygen atoms in total. The lowest BCUT2D eigenvalue weighted by atomic mass is 10.2. The van der Waals surface area contributed by atoms with Gasteiger partial charge in [0.2, 0.25) is 0 Å². The van der Waals surface area contributed by atoms with Crippen LogP contribution in [0.3, 0.4) is 0 Å². The number of phosphoric ester groups is 1. The maximum atomic E-state index is 13.3. The van der Waals surface area contributed by atoms with Crippen LogP contribution in [0.5, 0.6) is 17.2 Å². The number of hydrogen-bond donors (Lipinski definition) is 0. The van der Waals surface area contributed by atoms with Gasteiger partial charge in [-0.05, 0) is 73.5 Å². The first-order valence-electron chi connectivity index (χ1n) is 8.00. The lowest BCUT2D eigenvalue weighted by molar-refractivity contribution is 0.298. The highest BCUT2D eigenvalue weighted by Crippen LogP contribution is 2.50. The van der Waals surface area contributed by atoms with Crippen LogP contribution in [0.25, 0.3) is 0 Å². The molecular formula is C20H18ClO4P. The van der Waals surface area contributed by atoms with E-state index >= 15 is 0 Å². The van der Waals surface area contributed by atoms with Gasteiger partial charge in [0.1, 0.15) is 17.2 Å². The molecule has 0 unspecified atom stereocenters. The van der Waals surface area contributed by atoms with Crippen molar-refractivity contribution in [1.29, 1.82) is 0 Å². The Morgan fingerprint density at radius 3 is 1.62 bits per heavy atom. The molecule has 0 bridgehead atoms. The molecule has 0 heterocycles. The number of rotatable bonds is 6. The Hall–Kier alpha value is -2.42. The third-order valence-corrected chi connectivity index (χ3v) is 5.00. The van der Waals surface area contributed by atoms with Gasteiger partial charge in [0.25, 0.3) is 0 Å². The van der Waals surface area contributed by atoms with E-state index in [4.69, 9.17) is 25.2 Å². The van der Waals surface area contributed by atoms with Crippen molar-refractivity contribution in [2.24, 2.45) is 0 Å². The van der Waals surface area contributed by atoms with Gasteiger partial charge in [0.05, 0.1) is 0 Å². The van der Waals surface area contributed by atoms with Crippen LogP contribution in [0, 0.1) is 13.8 Å². The molecular weight excluding hydrogens is 371 g/mol. The second kappa shape index (κ2) is 7.86. The van der Waals surface area contributed by atoms with E-state index in [2.05, 4.69) is 0 Å². The molecule has 0 amide bonds. The van der Waals surface area contributed by atoms with Gasteiger partial charge in [-0.2, -0.15) is 4.57 Å². The second-order valence-corrected chi connectivity index (χ2v) is 7.69. The maximum Gasteiger partial charge on any atom is 0.647 e. The fourth-order valence-corrected chi connectivity index (χ4v) is 3.64. The van der Waals surface area contributed by atoms with E-state index in [1.165, 1.54) is 0 Å². The van der Waals surface area contributed by atoms with Gasteiger partial charge >= 0.3 is 7.82 Å². The zero-order chi connectivity index (χ0) is 18.6. The Kier molecular flexibility index (Phi) is 5.55. The van der Waals surface area contributed by atoms with Gasteiger partial charge in [-0.1, -0.05) is 35.9 Å². The van der Waals surface area contributed by atoms with E-state index in [9.17, 15) is 4.57 Å². The SMILES string of the molecule is Cc1cccc(OP(=O)(Oc2ccc(Cl)cc2)Oc2cccc(C)c2)c1. The fraction of sp³-hybridized carbons (Fsp3) is 0.100. The van der Waals surface area contributed by atoms with Crippen molar-refractivity contribution in [3.8, 4) is 17.2 Å². The van der Waals surface area contributed by atoms with Crippen LogP contribution in [0.1, 0.15) is 11.1 Å². The quantitative estimate of drug-likeness (QED) is 0.446. The minimum atomic E-state index is -3.98. The Morgan fingerprint density at radius 2 is 1.15 bits per heavy atom. The third kappa shape index (κ3) is 5.04. The van der Waals surface area contributed by atoms with Crippen LogP contribution in [0.15, 0.2) is 72.8 Å². The zero-order valence-electron chi connectivity index (χ0n) is 14.4. The molecule has 0 saturated heterocycles. The van der Waals surface area contributed by atoms with Crippen LogP contribution >= 0.6 is 19.4 Å². The lowest BCUT2D eigenvalue weighted by Gasteiger charge is -2.19. The first kappa shape index (κ1) is 18.4. The first-order valence-corrected chi connectivity index (χ1v) is 9.83. The normalized spacial score (nSPS) is 11.0. The lowest BCUT2D eigenvalue weighted by Crippen LogP contribution is -2.07. The van der Waals surface area contributed by atoms with E-state index in [1.807, 2.05) is 38.1 Å². The molecule has 0 N–H and O–H groups in total. The molecule has 0 saturated carbocycles. The van der Waals surface area contributed by atoms with Crippen LogP contribution in [0.2, 0.25) is 5.02 Å². The zero-order valence-corrected chi connectivity index (χ0v) is 16.0. The summed E-state index contributed by atoms with van der Waals surface area (Å²) in [4.78, 5) is 0. The maximum absolute atomic E-state index is 13.3. The molecule has 3 aromatic rings. The number of phosphoric acid groups is 1. The highest BCUT2D eigenvalue weighted by molar-refractivity contribution is 7.49. The summed E-state index contributed by atoms with van der Waals surface area (Å²) < 4.78 is 30.2. The van der Waals surface area contributed by atoms with Crippen LogP contribution < -0.4 is 13.6 Å². The first-order chi connectivity index (χ1) is 12.4. The summed E-state index contributed by atoms with van der Waals surface area (Å²) in [6.45, 7) is 3.83. The molecule has 0 aliphatic rings. The van der Waals surface area contributed by atoms with Gasteiger partial charge in [0, 0.05) is 5.02 Å². The van der Waals surface area contributed by atoms with E-state index in [0.29, 0.717) is 22.3 Å². The summed E-state index contributed by atoms with van der Waals surface area (Å²) in [6, 6.07) is 20.9. The molecule has 3 aromatic carbocycles. The largest absolute Gasteiger partial charge is 0.647 e. The van der Waals surface area contributed by atoms with Gasteiger partial charge in [-0.15, -0.1) is 0 Å². The van der Waals surface area contributed by atoms with Gasteiger partial charge in [0.15, 0.2) is 0 Å². The third-order valence-electron chi connectivity index (χ3n) is 3.44. The van der Waals surface area contributed by atoms with Gasteiger partial charge < -0.3 is 13.6 Å². The predicted octanol–water partition coefficient (Wildman–Crippen LogP) is 6.60. The summed E-state index contributed by atoms with van der Waals surface area (Å²) in [6.07, 6.45) is 0. The summed E-state index contributed by atoms with van der Waals surface area (Å²) in [5, 5.41) is 0.548. The molecule has 0 fully saturated rings. The summed E-state index contributed by atoms with van der Waals surface area (Å²) >= 11 is 5.89. The van der Waals surface area contributed by atoms with Crippen molar-refractivity contribution < 1.29 is 18.1 Å². The number of benzene rings is 3. The Bertz CT molecular complexity index is 889. The van der Waals surface area contributed by atoms with Crippen LogP contribution in [-0.4, -0.2) is 0 Å². The van der Waals surface area contributed by atoms with E-state index in [0.717, 1.165) is 11.1 Å². The molecule has 0 aliphatic carbocycles. The Balaban J connectivity index is 1.91. The second-order valence-electron chi connectivity index (χ2n) is 5.81. The minimum absolute atomic E-state index is 0.332. The Morgan fingerprint density at radius 1 is 0.692 bits per heavy atom. The van der Waals surface area contributed by atoms with Crippen molar-refractivity contribution in [2.45, 2.75) is 13.8 Å². The molecule has 134 valence electrons. The van der Waals surface area contributed by atoms with Crippen molar-refractivity contribution >= 4 is 19.4 Å². The molecule has 0 radical (unpaired) electrons. The Labute approximate surface area is 157 Å². The number of hydrogen-bond acceptors (Lipinski definition) is 4. The minimum Gasteiger partial charge on any atom is -0.386 e. The van der Waals surface area contributed by atoms with Crippen LogP contribution in [-0.2, 0) is 4.57 Å². The summed E-state index contributed by atoms with van der Waals surface area (Å²) in [7, 11) is -3.98. The van der Waals surface area contributed by atoms with Crippen LogP contribution in [0.4, 0.5) is 0 Å². The highest BCUT2D eigenvalue weighted by atomic mass is 35.5. The van der Waals surface area contributed by atoms with Crippen molar-refractivity contribution in [3.05, 3.63) is 88.9 Å². The van der Waals surface area contributed by atoms with Crippen molar-refractivity contribution in [2.75, 3.05) is 0 Å². The van der Waals surface area contributed by atoms with E-state index < -0.39 is 7.82 Å². The smallest absolute Gasteiger partial charge is 0.386 e. The predicted molar refractivity (Wildman–Crippen MR) is 103 cm³/mol. The standard InChI is InChI=1S/C20H18ClO4P/c1-15-5-3-7-19(13-15)24-26(22,23-18-11-9-17(21)10-12-18)25-20-8-4-6-16(2)14-20/h3-14H,1-2H3. The van der Waals surface area contributed by atoms with Gasteiger partial charge in [-0.25, -0.2) is 0 Å². The molecule has 0 atom stereocenters. The molecule has 0 aromatic heterocycles. The molecule has 3 rings (SSSR count). The van der Waals surface area contributed by atoms with E-state index in [1.54, 1.807) is 48.5 Å².